The second kappa shape index (κ2) is 7.28. The summed E-state index contributed by atoms with van der Waals surface area (Å²) in [6, 6.07) is 23.2. The van der Waals surface area contributed by atoms with E-state index >= 15 is 0 Å². The van der Waals surface area contributed by atoms with Crippen molar-refractivity contribution < 1.29 is 14.4 Å². The molecule has 138 valence electrons. The van der Waals surface area contributed by atoms with Crippen LogP contribution in [0.25, 0.3) is 0 Å². The van der Waals surface area contributed by atoms with Gasteiger partial charge in [-0.05, 0) is 24.1 Å². The van der Waals surface area contributed by atoms with Gasteiger partial charge in [0.2, 0.25) is 0 Å². The molecule has 0 radical (unpaired) electrons. The fourth-order valence-electron chi connectivity index (χ4n) is 3.83. The third kappa shape index (κ3) is 3.14. The zero-order valence-corrected chi connectivity index (χ0v) is 16.6. The maximum atomic E-state index is 13.4. The summed E-state index contributed by atoms with van der Waals surface area (Å²) in [5.74, 6) is -0.729. The third-order valence-electron chi connectivity index (χ3n) is 5.26. The zero-order valence-electron chi connectivity index (χ0n) is 15.0. The lowest BCUT2D eigenvalue weighted by atomic mass is 9.72. The molecular formula is C24H17BrO3. The lowest BCUT2D eigenvalue weighted by Crippen LogP contribution is -2.38. The highest BCUT2D eigenvalue weighted by Crippen LogP contribution is 2.43. The topological polar surface area (TPSA) is 51.2 Å². The molecule has 0 unspecified atom stereocenters. The molecule has 0 N–H and O–H groups in total. The van der Waals surface area contributed by atoms with E-state index in [-0.39, 0.29) is 30.2 Å². The van der Waals surface area contributed by atoms with Gasteiger partial charge in [0.05, 0.1) is 0 Å². The summed E-state index contributed by atoms with van der Waals surface area (Å²) in [4.78, 5) is 39.8. The van der Waals surface area contributed by atoms with E-state index in [4.69, 9.17) is 0 Å². The van der Waals surface area contributed by atoms with Gasteiger partial charge < -0.3 is 0 Å². The second-order valence-electron chi connectivity index (χ2n) is 7.06. The highest BCUT2D eigenvalue weighted by Gasteiger charge is 2.53. The van der Waals surface area contributed by atoms with Crippen molar-refractivity contribution in [3.63, 3.8) is 0 Å². The summed E-state index contributed by atoms with van der Waals surface area (Å²) in [7, 11) is 0. The van der Waals surface area contributed by atoms with Crippen molar-refractivity contribution in [3.05, 3.63) is 106 Å². The van der Waals surface area contributed by atoms with E-state index in [1.807, 2.05) is 30.3 Å². The normalized spacial score (nSPS) is 14.8. The molecule has 0 saturated carbocycles. The van der Waals surface area contributed by atoms with Gasteiger partial charge in [0.15, 0.2) is 17.3 Å². The first-order valence-corrected chi connectivity index (χ1v) is 9.82. The smallest absolute Gasteiger partial charge is 0.178 e. The minimum absolute atomic E-state index is 0.139. The van der Waals surface area contributed by atoms with E-state index in [2.05, 4.69) is 15.9 Å². The van der Waals surface area contributed by atoms with Gasteiger partial charge >= 0.3 is 0 Å². The maximum absolute atomic E-state index is 13.4. The Balaban J connectivity index is 1.78. The second-order valence-corrected chi connectivity index (χ2v) is 7.97. The predicted molar refractivity (Wildman–Crippen MR) is 111 cm³/mol. The first-order valence-electron chi connectivity index (χ1n) is 9.02. The Kier molecular flexibility index (Phi) is 4.82. The average Bonchev–Trinajstić information content (AvgIpc) is 2.93. The predicted octanol–water partition coefficient (Wildman–Crippen LogP) is 5.33. The van der Waals surface area contributed by atoms with Crippen LogP contribution in [0.1, 0.15) is 43.1 Å². The number of hydrogen-bond donors (Lipinski definition) is 0. The molecule has 0 saturated heterocycles. The molecule has 0 aromatic heterocycles. The van der Waals surface area contributed by atoms with Gasteiger partial charge in [-0.2, -0.15) is 0 Å². The molecule has 0 heterocycles. The molecule has 3 aromatic carbocycles. The molecule has 3 nitrogen and oxygen atoms in total. The Labute approximate surface area is 171 Å². The number of carbonyl (C=O) groups is 3. The SMILES string of the molecule is O=C(CC1(Cc2ccc(Br)cc2)C(=O)c2ccccc2C1=O)c1ccccc1. The number of hydrogen-bond acceptors (Lipinski definition) is 3. The number of carbonyl (C=O) groups excluding carboxylic acids is 3. The van der Waals surface area contributed by atoms with Crippen LogP contribution in [0.4, 0.5) is 0 Å². The molecule has 4 rings (SSSR count). The van der Waals surface area contributed by atoms with E-state index in [0.29, 0.717) is 16.7 Å². The molecule has 4 heteroatoms. The van der Waals surface area contributed by atoms with Gasteiger partial charge in [0, 0.05) is 27.6 Å². The summed E-state index contributed by atoms with van der Waals surface area (Å²) >= 11 is 3.40. The number of halogens is 1. The summed E-state index contributed by atoms with van der Waals surface area (Å²) in [5, 5.41) is 0. The minimum Gasteiger partial charge on any atom is -0.294 e. The highest BCUT2D eigenvalue weighted by atomic mass is 79.9. The highest BCUT2D eigenvalue weighted by molar-refractivity contribution is 9.10. The van der Waals surface area contributed by atoms with Crippen LogP contribution in [0.2, 0.25) is 0 Å². The number of ketones is 3. The molecule has 0 spiro atoms. The van der Waals surface area contributed by atoms with E-state index in [1.165, 1.54) is 0 Å². The van der Waals surface area contributed by atoms with Crippen LogP contribution < -0.4 is 0 Å². The van der Waals surface area contributed by atoms with Crippen molar-refractivity contribution in [3.8, 4) is 0 Å². The number of fused-ring (bicyclic) bond motifs is 1. The quantitative estimate of drug-likeness (QED) is 0.404. The standard InChI is InChI=1S/C24H17BrO3/c25-18-12-10-16(11-13-18)14-24(15-21(26)17-6-2-1-3-7-17)22(27)19-8-4-5-9-20(19)23(24)28/h1-13H,14-15H2. The van der Waals surface area contributed by atoms with E-state index in [1.54, 1.807) is 48.5 Å². The molecule has 0 fully saturated rings. The van der Waals surface area contributed by atoms with Crippen LogP contribution in [-0.2, 0) is 6.42 Å². The Morgan fingerprint density at radius 1 is 0.750 bits per heavy atom. The Bertz CT molecular complexity index is 1030. The molecule has 0 bridgehead atoms. The minimum atomic E-state index is -1.40. The third-order valence-corrected chi connectivity index (χ3v) is 5.79. The van der Waals surface area contributed by atoms with Gasteiger partial charge in [-0.25, -0.2) is 0 Å². The zero-order chi connectivity index (χ0) is 19.7. The van der Waals surface area contributed by atoms with Gasteiger partial charge in [0.25, 0.3) is 0 Å². The first kappa shape index (κ1) is 18.5. The van der Waals surface area contributed by atoms with Crippen LogP contribution in [-0.4, -0.2) is 17.3 Å². The lowest BCUT2D eigenvalue weighted by molar-refractivity contribution is 0.0642. The lowest BCUT2D eigenvalue weighted by Gasteiger charge is -2.25. The van der Waals surface area contributed by atoms with Crippen molar-refractivity contribution in [2.24, 2.45) is 5.41 Å². The van der Waals surface area contributed by atoms with Gasteiger partial charge in [0.1, 0.15) is 5.41 Å². The van der Waals surface area contributed by atoms with Crippen molar-refractivity contribution in [2.45, 2.75) is 12.8 Å². The van der Waals surface area contributed by atoms with Crippen LogP contribution in [0.15, 0.2) is 83.3 Å². The summed E-state index contributed by atoms with van der Waals surface area (Å²) in [6.07, 6.45) is 0.0601. The summed E-state index contributed by atoms with van der Waals surface area (Å²) < 4.78 is 0.915. The fourth-order valence-corrected chi connectivity index (χ4v) is 4.10. The summed E-state index contributed by atoms with van der Waals surface area (Å²) in [5.41, 5.74) is 0.772. The number of rotatable bonds is 5. The van der Waals surface area contributed by atoms with Gasteiger partial charge in [-0.3, -0.25) is 14.4 Å². The first-order chi connectivity index (χ1) is 13.5. The molecule has 0 aliphatic heterocycles. The number of benzene rings is 3. The fraction of sp³-hybridized carbons (Fsp3) is 0.125. The van der Waals surface area contributed by atoms with E-state index < -0.39 is 5.41 Å². The van der Waals surface area contributed by atoms with Gasteiger partial charge in [-0.15, -0.1) is 0 Å². The van der Waals surface area contributed by atoms with Crippen LogP contribution >= 0.6 is 15.9 Å². The summed E-state index contributed by atoms with van der Waals surface area (Å²) in [6.45, 7) is 0. The van der Waals surface area contributed by atoms with Crippen LogP contribution in [0, 0.1) is 5.41 Å². The molecule has 28 heavy (non-hydrogen) atoms. The molecule has 3 aromatic rings. The van der Waals surface area contributed by atoms with Crippen molar-refractivity contribution in [2.75, 3.05) is 0 Å². The molecule has 0 atom stereocenters. The Morgan fingerprint density at radius 2 is 1.29 bits per heavy atom. The molecule has 0 amide bonds. The Hall–Kier alpha value is -2.85. The maximum Gasteiger partial charge on any atom is 0.178 e. The Morgan fingerprint density at radius 3 is 1.86 bits per heavy atom. The van der Waals surface area contributed by atoms with E-state index in [9.17, 15) is 14.4 Å². The van der Waals surface area contributed by atoms with Crippen LogP contribution in [0.5, 0.6) is 0 Å². The van der Waals surface area contributed by atoms with Crippen molar-refractivity contribution in [1.29, 1.82) is 0 Å². The molecule has 1 aliphatic carbocycles. The van der Waals surface area contributed by atoms with Crippen LogP contribution in [0.3, 0.4) is 0 Å². The monoisotopic (exact) mass is 432 g/mol. The van der Waals surface area contributed by atoms with Gasteiger partial charge in [-0.1, -0.05) is 82.7 Å². The number of Topliss-reactive ketones (excluding diaryl/α,β-unsaturated/α-hetero) is 3. The molecular weight excluding hydrogens is 416 g/mol. The van der Waals surface area contributed by atoms with E-state index in [0.717, 1.165) is 10.0 Å². The largest absolute Gasteiger partial charge is 0.294 e. The van der Waals surface area contributed by atoms with Crippen molar-refractivity contribution >= 4 is 33.3 Å². The average molecular weight is 433 g/mol. The molecule has 1 aliphatic rings. The van der Waals surface area contributed by atoms with Crippen molar-refractivity contribution in [1.82, 2.24) is 0 Å².